The number of carbonyl (C=O) groups excluding carboxylic acids is 2. The van der Waals surface area contributed by atoms with E-state index in [9.17, 15) is 9.59 Å². The Balaban J connectivity index is 1.33. The first-order valence-electron chi connectivity index (χ1n) is 11.2. The number of urea groups is 1. The van der Waals surface area contributed by atoms with Gasteiger partial charge in [-0.3, -0.25) is 4.79 Å². The van der Waals surface area contributed by atoms with Gasteiger partial charge in [0, 0.05) is 18.8 Å². The summed E-state index contributed by atoms with van der Waals surface area (Å²) in [5, 5.41) is 6.05. The van der Waals surface area contributed by atoms with Gasteiger partial charge in [-0.15, -0.1) is 0 Å². The molecule has 4 rings (SSSR count). The van der Waals surface area contributed by atoms with Crippen LogP contribution in [0.1, 0.15) is 31.4 Å². The molecule has 0 spiro atoms. The number of hydrogen-bond acceptors (Lipinski definition) is 2. The lowest BCUT2D eigenvalue weighted by Crippen LogP contribution is -2.47. The van der Waals surface area contributed by atoms with Crippen molar-refractivity contribution in [2.75, 3.05) is 18.4 Å². The van der Waals surface area contributed by atoms with Crippen LogP contribution in [0.25, 0.3) is 11.1 Å². The number of nitrogens with zero attached hydrogens (tertiary/aromatic N) is 1. The summed E-state index contributed by atoms with van der Waals surface area (Å²) in [7, 11) is 0. The Kier molecular flexibility index (Phi) is 6.85. The maximum Gasteiger partial charge on any atom is 0.321 e. The lowest BCUT2D eigenvalue weighted by Gasteiger charge is -2.32. The third kappa shape index (κ3) is 5.35. The van der Waals surface area contributed by atoms with Crippen molar-refractivity contribution in [3.8, 4) is 11.1 Å². The minimum Gasteiger partial charge on any atom is -0.349 e. The molecule has 1 heterocycles. The first-order chi connectivity index (χ1) is 15.6. The molecule has 2 N–H and O–H groups in total. The average molecular weight is 428 g/mol. The number of anilines is 1. The molecule has 164 valence electrons. The summed E-state index contributed by atoms with van der Waals surface area (Å²) in [5.74, 6) is -0.196. The van der Waals surface area contributed by atoms with Crippen LogP contribution in [0, 0.1) is 5.92 Å². The molecule has 0 radical (unpaired) electrons. The summed E-state index contributed by atoms with van der Waals surface area (Å²) < 4.78 is 0. The number of likely N-dealkylation sites (tertiary alicyclic amines) is 1. The molecule has 0 aromatic heterocycles. The average Bonchev–Trinajstić information content (AvgIpc) is 2.85. The van der Waals surface area contributed by atoms with Crippen molar-refractivity contribution in [2.45, 2.75) is 25.8 Å². The highest BCUT2D eigenvalue weighted by Crippen LogP contribution is 2.23. The largest absolute Gasteiger partial charge is 0.349 e. The number of piperidine rings is 1. The molecule has 32 heavy (non-hydrogen) atoms. The summed E-state index contributed by atoms with van der Waals surface area (Å²) in [6.07, 6.45) is 1.61. The summed E-state index contributed by atoms with van der Waals surface area (Å²) in [4.78, 5) is 27.3. The van der Waals surface area contributed by atoms with E-state index in [0.29, 0.717) is 13.1 Å². The fraction of sp³-hybridized carbons (Fsp3) is 0.259. The zero-order valence-corrected chi connectivity index (χ0v) is 18.3. The maximum absolute atomic E-state index is 12.9. The lowest BCUT2D eigenvalue weighted by atomic mass is 9.96. The van der Waals surface area contributed by atoms with Gasteiger partial charge < -0.3 is 15.5 Å². The molecular formula is C27H29N3O2. The van der Waals surface area contributed by atoms with Crippen molar-refractivity contribution in [2.24, 2.45) is 5.92 Å². The van der Waals surface area contributed by atoms with E-state index < -0.39 is 0 Å². The Hall–Kier alpha value is -3.60. The van der Waals surface area contributed by atoms with E-state index >= 15 is 0 Å². The van der Waals surface area contributed by atoms with Gasteiger partial charge in [-0.1, -0.05) is 72.8 Å². The monoisotopic (exact) mass is 427 g/mol. The number of rotatable bonds is 5. The molecule has 1 aliphatic rings. The van der Waals surface area contributed by atoms with Crippen LogP contribution in [0.15, 0.2) is 84.9 Å². The molecule has 2 atom stereocenters. The van der Waals surface area contributed by atoms with E-state index in [2.05, 4.69) is 47.0 Å². The van der Waals surface area contributed by atoms with Crippen molar-refractivity contribution in [3.05, 3.63) is 90.5 Å². The molecule has 0 saturated carbocycles. The summed E-state index contributed by atoms with van der Waals surface area (Å²) in [6, 6.07) is 27.7. The highest BCUT2D eigenvalue weighted by molar-refractivity contribution is 5.90. The zero-order valence-electron chi connectivity index (χ0n) is 18.3. The van der Waals surface area contributed by atoms with Crippen molar-refractivity contribution in [1.29, 1.82) is 0 Å². The van der Waals surface area contributed by atoms with Crippen LogP contribution in [0.2, 0.25) is 0 Å². The minimum atomic E-state index is -0.198. The van der Waals surface area contributed by atoms with E-state index in [0.717, 1.165) is 29.7 Å². The van der Waals surface area contributed by atoms with Crippen LogP contribution < -0.4 is 10.6 Å². The van der Waals surface area contributed by atoms with Crippen LogP contribution in [0.4, 0.5) is 10.5 Å². The summed E-state index contributed by atoms with van der Waals surface area (Å²) in [6.45, 7) is 3.10. The van der Waals surface area contributed by atoms with Gasteiger partial charge in [0.2, 0.25) is 5.91 Å². The second kappa shape index (κ2) is 10.1. The number of nitrogens with one attached hydrogen (secondary N) is 2. The molecule has 1 aliphatic heterocycles. The summed E-state index contributed by atoms with van der Waals surface area (Å²) >= 11 is 0. The number of benzene rings is 3. The lowest BCUT2D eigenvalue weighted by molar-refractivity contribution is -0.126. The van der Waals surface area contributed by atoms with Crippen molar-refractivity contribution < 1.29 is 9.59 Å². The first-order valence-corrected chi connectivity index (χ1v) is 11.2. The molecule has 5 nitrogen and oxygen atoms in total. The molecule has 1 fully saturated rings. The molecule has 3 aromatic rings. The predicted molar refractivity (Wildman–Crippen MR) is 128 cm³/mol. The quantitative estimate of drug-likeness (QED) is 0.567. The molecule has 0 unspecified atom stereocenters. The van der Waals surface area contributed by atoms with Crippen LogP contribution in [-0.2, 0) is 4.79 Å². The van der Waals surface area contributed by atoms with Gasteiger partial charge in [0.25, 0.3) is 0 Å². The highest BCUT2D eigenvalue weighted by atomic mass is 16.2. The van der Waals surface area contributed by atoms with Crippen LogP contribution in [0.5, 0.6) is 0 Å². The molecule has 5 heteroatoms. The van der Waals surface area contributed by atoms with E-state index in [1.165, 1.54) is 5.56 Å². The number of amides is 3. The molecular weight excluding hydrogens is 398 g/mol. The Morgan fingerprint density at radius 1 is 0.875 bits per heavy atom. The smallest absolute Gasteiger partial charge is 0.321 e. The Bertz CT molecular complexity index is 1040. The van der Waals surface area contributed by atoms with E-state index in [1.807, 2.05) is 55.5 Å². The molecule has 3 aromatic carbocycles. The normalized spacial score (nSPS) is 16.8. The summed E-state index contributed by atoms with van der Waals surface area (Å²) in [5.41, 5.74) is 4.15. The maximum atomic E-state index is 12.9. The predicted octanol–water partition coefficient (Wildman–Crippen LogP) is 5.47. The van der Waals surface area contributed by atoms with E-state index in [1.54, 1.807) is 4.90 Å². The van der Waals surface area contributed by atoms with Crippen molar-refractivity contribution >= 4 is 17.6 Å². The third-order valence-corrected chi connectivity index (χ3v) is 5.98. The number of hydrogen-bond donors (Lipinski definition) is 2. The Morgan fingerprint density at radius 3 is 2.19 bits per heavy atom. The van der Waals surface area contributed by atoms with E-state index in [-0.39, 0.29) is 23.9 Å². The SMILES string of the molecule is C[C@H](NC(=O)[C@@H]1CCCN(C(=O)Nc2ccccc2)C1)c1ccc(-c2ccccc2)cc1. The van der Waals surface area contributed by atoms with Crippen LogP contribution in [-0.4, -0.2) is 29.9 Å². The fourth-order valence-electron chi connectivity index (χ4n) is 4.11. The third-order valence-electron chi connectivity index (χ3n) is 5.98. The van der Waals surface area contributed by atoms with Gasteiger partial charge in [-0.25, -0.2) is 4.79 Å². The van der Waals surface area contributed by atoms with Gasteiger partial charge in [0.05, 0.1) is 12.0 Å². The van der Waals surface area contributed by atoms with Gasteiger partial charge in [0.15, 0.2) is 0 Å². The second-order valence-corrected chi connectivity index (χ2v) is 8.30. The van der Waals surface area contributed by atoms with Crippen molar-refractivity contribution in [3.63, 3.8) is 0 Å². The number of carbonyl (C=O) groups is 2. The van der Waals surface area contributed by atoms with Gasteiger partial charge in [-0.2, -0.15) is 0 Å². The Labute approximate surface area is 189 Å². The van der Waals surface area contributed by atoms with Gasteiger partial charge in [0.1, 0.15) is 0 Å². The van der Waals surface area contributed by atoms with Gasteiger partial charge >= 0.3 is 6.03 Å². The second-order valence-electron chi connectivity index (χ2n) is 8.30. The topological polar surface area (TPSA) is 61.4 Å². The molecule has 1 saturated heterocycles. The van der Waals surface area contributed by atoms with Gasteiger partial charge in [-0.05, 0) is 48.6 Å². The minimum absolute atomic E-state index is 0.00171. The van der Waals surface area contributed by atoms with Crippen LogP contribution in [0.3, 0.4) is 0 Å². The fourth-order valence-corrected chi connectivity index (χ4v) is 4.11. The molecule has 0 aliphatic carbocycles. The first kappa shape index (κ1) is 21.6. The van der Waals surface area contributed by atoms with E-state index in [4.69, 9.17) is 0 Å². The number of para-hydroxylation sites is 1. The molecule has 0 bridgehead atoms. The Morgan fingerprint density at radius 2 is 1.50 bits per heavy atom. The standard InChI is InChI=1S/C27H29N3O2/c1-20(21-14-16-23(17-15-21)22-9-4-2-5-10-22)28-26(31)24-11-8-18-30(19-24)27(32)29-25-12-6-3-7-13-25/h2-7,9-10,12-17,20,24H,8,11,18-19H2,1H3,(H,28,31)(H,29,32)/t20-,24+/m0/s1. The van der Waals surface area contributed by atoms with Crippen LogP contribution >= 0.6 is 0 Å². The molecule has 3 amide bonds. The highest BCUT2D eigenvalue weighted by Gasteiger charge is 2.29. The zero-order chi connectivity index (χ0) is 22.3. The van der Waals surface area contributed by atoms with Crippen molar-refractivity contribution in [1.82, 2.24) is 10.2 Å².